The molecule has 7 nitrogen and oxygen atoms in total. The molecule has 30 heavy (non-hydrogen) atoms. The minimum absolute atomic E-state index is 0.102. The highest BCUT2D eigenvalue weighted by molar-refractivity contribution is 5.96. The van der Waals surface area contributed by atoms with Crippen molar-refractivity contribution in [2.24, 2.45) is 5.92 Å². The molecule has 1 aromatic carbocycles. The van der Waals surface area contributed by atoms with Gasteiger partial charge in [-0.05, 0) is 38.0 Å². The number of carbonyl (C=O) groups is 1. The molecule has 0 spiro atoms. The second kappa shape index (κ2) is 7.91. The summed E-state index contributed by atoms with van der Waals surface area (Å²) in [6, 6.07) is 15.1. The number of pyridine rings is 1. The first-order valence-electron chi connectivity index (χ1n) is 9.67. The summed E-state index contributed by atoms with van der Waals surface area (Å²) >= 11 is 0. The number of hydrogen-bond acceptors (Lipinski definition) is 6. The molecule has 4 rings (SSSR count). The molecular weight excluding hydrogens is 378 g/mol. The summed E-state index contributed by atoms with van der Waals surface area (Å²) in [7, 11) is 0. The van der Waals surface area contributed by atoms with Crippen LogP contribution in [0.1, 0.15) is 29.2 Å². The molecule has 0 unspecified atom stereocenters. The van der Waals surface area contributed by atoms with Gasteiger partial charge in [0.05, 0.1) is 24.4 Å². The summed E-state index contributed by atoms with van der Waals surface area (Å²) in [5, 5.41) is 11.9. The quantitative estimate of drug-likeness (QED) is 0.682. The third-order valence-corrected chi connectivity index (χ3v) is 5.42. The lowest BCUT2D eigenvalue weighted by atomic mass is 9.93. The van der Waals surface area contributed by atoms with Crippen LogP contribution in [0.2, 0.25) is 0 Å². The summed E-state index contributed by atoms with van der Waals surface area (Å²) in [5.41, 5.74) is 2.23. The number of benzene rings is 1. The van der Waals surface area contributed by atoms with Crippen molar-refractivity contribution in [3.63, 3.8) is 0 Å². The maximum Gasteiger partial charge on any atom is 0.228 e. The van der Waals surface area contributed by atoms with Gasteiger partial charge in [0.2, 0.25) is 5.91 Å². The summed E-state index contributed by atoms with van der Waals surface area (Å²) in [4.78, 5) is 25.5. The van der Waals surface area contributed by atoms with Gasteiger partial charge in [-0.2, -0.15) is 5.26 Å². The normalized spacial score (nSPS) is 19.6. The molecule has 2 atom stereocenters. The third-order valence-electron chi connectivity index (χ3n) is 5.42. The largest absolute Gasteiger partial charge is 0.489 e. The lowest BCUT2D eigenvalue weighted by Crippen LogP contribution is -2.26. The first-order valence-corrected chi connectivity index (χ1v) is 9.67. The van der Waals surface area contributed by atoms with Crippen LogP contribution in [0.15, 0.2) is 54.9 Å². The zero-order valence-corrected chi connectivity index (χ0v) is 16.8. The number of anilines is 1. The van der Waals surface area contributed by atoms with Gasteiger partial charge in [-0.1, -0.05) is 30.3 Å². The molecule has 1 aliphatic rings. The van der Waals surface area contributed by atoms with Crippen molar-refractivity contribution >= 4 is 11.6 Å². The summed E-state index contributed by atoms with van der Waals surface area (Å²) in [6.07, 6.45) is 3.85. The molecule has 0 radical (unpaired) electrons. The second-order valence-electron chi connectivity index (χ2n) is 7.47. The molecule has 150 valence electrons. The van der Waals surface area contributed by atoms with Crippen LogP contribution in [0, 0.1) is 31.1 Å². The Kier molecular flexibility index (Phi) is 5.15. The first kappa shape index (κ1) is 19.5. The summed E-state index contributed by atoms with van der Waals surface area (Å²) in [6.45, 7) is 4.06. The van der Waals surface area contributed by atoms with Crippen LogP contribution in [0.4, 0.5) is 5.69 Å². The van der Waals surface area contributed by atoms with E-state index in [4.69, 9.17) is 10.00 Å². The minimum atomic E-state index is -0.423. The van der Waals surface area contributed by atoms with Crippen LogP contribution in [0.5, 0.6) is 5.75 Å². The number of nitrogens with one attached hydrogen (secondary N) is 1. The van der Waals surface area contributed by atoms with E-state index in [2.05, 4.69) is 20.3 Å². The van der Waals surface area contributed by atoms with Gasteiger partial charge in [-0.15, -0.1) is 0 Å². The van der Waals surface area contributed by atoms with E-state index < -0.39 is 5.41 Å². The summed E-state index contributed by atoms with van der Waals surface area (Å²) < 4.78 is 6.08. The number of nitrogens with zero attached hydrogens (tertiary/aromatic N) is 4. The zero-order chi connectivity index (χ0) is 21.1. The van der Waals surface area contributed by atoms with Gasteiger partial charge >= 0.3 is 0 Å². The number of ether oxygens (including phenoxy) is 1. The standard InChI is InChI=1S/C23H21N5O2/c1-15-21(13-26-16(2)27-15)30-14-23(17-6-4-3-5-7-17)11-20(23)22(29)28-18-8-9-25-19(10-18)12-24/h3-10,13,20H,11,14H2,1-2H3,(H,25,28,29)/t20-,23+/m0/s1. The molecule has 1 N–H and O–H groups in total. The molecule has 1 aliphatic carbocycles. The van der Waals surface area contributed by atoms with E-state index in [-0.39, 0.29) is 17.5 Å². The van der Waals surface area contributed by atoms with Crippen LogP contribution < -0.4 is 10.1 Å². The highest BCUT2D eigenvalue weighted by Crippen LogP contribution is 2.55. The Hall–Kier alpha value is -3.79. The van der Waals surface area contributed by atoms with Crippen molar-refractivity contribution in [1.82, 2.24) is 15.0 Å². The molecule has 1 amide bonds. The van der Waals surface area contributed by atoms with Crippen molar-refractivity contribution in [2.45, 2.75) is 25.7 Å². The van der Waals surface area contributed by atoms with Gasteiger partial charge in [-0.25, -0.2) is 15.0 Å². The number of amides is 1. The predicted molar refractivity (Wildman–Crippen MR) is 111 cm³/mol. The van der Waals surface area contributed by atoms with Crippen molar-refractivity contribution < 1.29 is 9.53 Å². The number of aryl methyl sites for hydroxylation is 2. The minimum Gasteiger partial charge on any atom is -0.489 e. The third kappa shape index (κ3) is 3.85. The summed E-state index contributed by atoms with van der Waals surface area (Å²) in [5.74, 6) is 0.963. The molecule has 0 saturated heterocycles. The number of rotatable bonds is 6. The van der Waals surface area contributed by atoms with Crippen LogP contribution >= 0.6 is 0 Å². The van der Waals surface area contributed by atoms with Gasteiger partial charge in [0, 0.05) is 17.3 Å². The van der Waals surface area contributed by atoms with Gasteiger partial charge in [0.15, 0.2) is 5.75 Å². The molecule has 1 fully saturated rings. The van der Waals surface area contributed by atoms with E-state index in [1.807, 2.05) is 50.2 Å². The molecule has 1 saturated carbocycles. The zero-order valence-electron chi connectivity index (χ0n) is 16.8. The average molecular weight is 399 g/mol. The Morgan fingerprint density at radius 3 is 2.80 bits per heavy atom. The van der Waals surface area contributed by atoms with Gasteiger partial charge in [0.25, 0.3) is 0 Å². The highest BCUT2D eigenvalue weighted by Gasteiger charge is 2.60. The smallest absolute Gasteiger partial charge is 0.228 e. The highest BCUT2D eigenvalue weighted by atomic mass is 16.5. The molecule has 0 aliphatic heterocycles. The molecule has 3 aromatic rings. The van der Waals surface area contributed by atoms with Crippen molar-refractivity contribution in [3.05, 3.63) is 77.6 Å². The number of nitriles is 1. The van der Waals surface area contributed by atoms with E-state index in [1.54, 1.807) is 18.3 Å². The number of hydrogen-bond donors (Lipinski definition) is 1. The first-order chi connectivity index (χ1) is 14.5. The average Bonchev–Trinajstić information content (AvgIpc) is 3.50. The lowest BCUT2D eigenvalue weighted by Gasteiger charge is -2.19. The maximum absolute atomic E-state index is 13.0. The maximum atomic E-state index is 13.0. The topological polar surface area (TPSA) is 101 Å². The predicted octanol–water partition coefficient (Wildman–Crippen LogP) is 3.34. The Labute approximate surface area is 174 Å². The van der Waals surface area contributed by atoms with Gasteiger partial charge < -0.3 is 10.1 Å². The van der Waals surface area contributed by atoms with Crippen molar-refractivity contribution in [1.29, 1.82) is 5.26 Å². The fourth-order valence-electron chi connectivity index (χ4n) is 3.70. The number of aromatic nitrogens is 3. The number of carbonyl (C=O) groups excluding carboxylic acids is 1. The van der Waals surface area contributed by atoms with E-state index in [1.165, 1.54) is 6.20 Å². The molecule has 2 heterocycles. The van der Waals surface area contributed by atoms with E-state index in [9.17, 15) is 4.79 Å². The van der Waals surface area contributed by atoms with Crippen LogP contribution in [-0.2, 0) is 10.2 Å². The van der Waals surface area contributed by atoms with E-state index >= 15 is 0 Å². The van der Waals surface area contributed by atoms with Crippen LogP contribution in [-0.4, -0.2) is 27.5 Å². The Balaban J connectivity index is 1.54. The molecule has 2 aromatic heterocycles. The van der Waals surface area contributed by atoms with Crippen LogP contribution in [0.25, 0.3) is 0 Å². The molecule has 0 bridgehead atoms. The lowest BCUT2D eigenvalue weighted by molar-refractivity contribution is -0.117. The fraction of sp³-hybridized carbons (Fsp3) is 0.261. The molecule has 7 heteroatoms. The van der Waals surface area contributed by atoms with Gasteiger partial charge in [-0.3, -0.25) is 4.79 Å². The van der Waals surface area contributed by atoms with Crippen molar-refractivity contribution in [2.75, 3.05) is 11.9 Å². The van der Waals surface area contributed by atoms with E-state index in [0.29, 0.717) is 30.3 Å². The van der Waals surface area contributed by atoms with Crippen LogP contribution in [0.3, 0.4) is 0 Å². The monoisotopic (exact) mass is 399 g/mol. The van der Waals surface area contributed by atoms with Crippen molar-refractivity contribution in [3.8, 4) is 11.8 Å². The van der Waals surface area contributed by atoms with E-state index in [0.717, 1.165) is 11.3 Å². The second-order valence-corrected chi connectivity index (χ2v) is 7.47. The van der Waals surface area contributed by atoms with Gasteiger partial charge in [0.1, 0.15) is 17.6 Å². The Bertz CT molecular complexity index is 1130. The Morgan fingerprint density at radius 1 is 1.27 bits per heavy atom. The fourth-order valence-corrected chi connectivity index (χ4v) is 3.70. The Morgan fingerprint density at radius 2 is 2.07 bits per heavy atom. The molecular formula is C23H21N5O2. The SMILES string of the molecule is Cc1ncc(OC[C@@]2(c3ccccc3)C[C@H]2C(=O)Nc2ccnc(C#N)c2)c(C)n1.